The van der Waals surface area contributed by atoms with Crippen LogP contribution in [-0.2, 0) is 16.0 Å². The first-order valence-corrected chi connectivity index (χ1v) is 11.4. The Balaban J connectivity index is 1.48. The summed E-state index contributed by atoms with van der Waals surface area (Å²) in [6, 6.07) is 8.32. The molecule has 148 valence electrons. The standard InChI is InChI=1S/C18H21N5O2S3/c1-3-12-4-6-13(7-5-12)14-10-26-17(20-14)21-15(24)11-27-18-23-22-16(28-18)19-8-9-25-2/h4-7,10H,3,8-9,11H2,1-2H3,(H,19,22)(H,20,21,24). The molecule has 1 aromatic carbocycles. The number of thiazole rings is 1. The molecule has 0 spiro atoms. The molecular formula is C18H21N5O2S3. The minimum Gasteiger partial charge on any atom is -0.383 e. The highest BCUT2D eigenvalue weighted by molar-refractivity contribution is 8.01. The first-order chi connectivity index (χ1) is 13.7. The Morgan fingerprint density at radius 2 is 2.04 bits per heavy atom. The van der Waals surface area contributed by atoms with E-state index in [2.05, 4.69) is 57.0 Å². The molecule has 0 aliphatic rings. The van der Waals surface area contributed by atoms with Gasteiger partial charge >= 0.3 is 0 Å². The zero-order valence-corrected chi connectivity index (χ0v) is 18.0. The molecule has 1 amide bonds. The van der Waals surface area contributed by atoms with E-state index in [0.29, 0.717) is 18.3 Å². The van der Waals surface area contributed by atoms with Crippen LogP contribution in [-0.4, -0.2) is 47.1 Å². The molecule has 0 saturated carbocycles. The van der Waals surface area contributed by atoms with E-state index in [9.17, 15) is 4.79 Å². The molecule has 0 saturated heterocycles. The molecule has 0 atom stereocenters. The van der Waals surface area contributed by atoms with Gasteiger partial charge in [0, 0.05) is 24.6 Å². The SMILES string of the molecule is CCc1ccc(-c2csc(NC(=O)CSc3nnc(NCCOC)s3)n2)cc1. The number of hydrogen-bond acceptors (Lipinski definition) is 9. The monoisotopic (exact) mass is 435 g/mol. The highest BCUT2D eigenvalue weighted by Crippen LogP contribution is 2.27. The van der Waals surface area contributed by atoms with Gasteiger partial charge in [-0.25, -0.2) is 4.98 Å². The van der Waals surface area contributed by atoms with E-state index < -0.39 is 0 Å². The number of amides is 1. The zero-order chi connectivity index (χ0) is 19.8. The van der Waals surface area contributed by atoms with Crippen LogP contribution in [0.25, 0.3) is 11.3 Å². The molecule has 3 rings (SSSR count). The number of aryl methyl sites for hydroxylation is 1. The first-order valence-electron chi connectivity index (χ1n) is 8.71. The minimum absolute atomic E-state index is 0.115. The van der Waals surface area contributed by atoms with Crippen molar-refractivity contribution >= 4 is 50.6 Å². The molecule has 0 unspecified atom stereocenters. The quantitative estimate of drug-likeness (QED) is 0.367. The summed E-state index contributed by atoms with van der Waals surface area (Å²) < 4.78 is 5.72. The maximum Gasteiger partial charge on any atom is 0.236 e. The number of benzene rings is 1. The normalized spacial score (nSPS) is 10.8. The van der Waals surface area contributed by atoms with Crippen molar-refractivity contribution in [2.24, 2.45) is 0 Å². The van der Waals surface area contributed by atoms with Gasteiger partial charge < -0.3 is 15.4 Å². The number of carbonyl (C=O) groups is 1. The van der Waals surface area contributed by atoms with Gasteiger partial charge in [0.2, 0.25) is 11.0 Å². The van der Waals surface area contributed by atoms with Gasteiger partial charge in [-0.1, -0.05) is 54.3 Å². The second kappa shape index (κ2) is 10.5. The number of anilines is 2. The van der Waals surface area contributed by atoms with Crippen LogP contribution in [0.3, 0.4) is 0 Å². The van der Waals surface area contributed by atoms with E-state index in [4.69, 9.17) is 4.74 Å². The largest absolute Gasteiger partial charge is 0.383 e. The van der Waals surface area contributed by atoms with Gasteiger partial charge in [-0.05, 0) is 12.0 Å². The maximum atomic E-state index is 12.2. The van der Waals surface area contributed by atoms with Gasteiger partial charge in [0.15, 0.2) is 9.47 Å². The number of nitrogens with one attached hydrogen (secondary N) is 2. The van der Waals surface area contributed by atoms with Gasteiger partial charge in [-0.3, -0.25) is 4.79 Å². The highest BCUT2D eigenvalue weighted by atomic mass is 32.2. The number of aromatic nitrogens is 3. The van der Waals surface area contributed by atoms with Gasteiger partial charge in [0.05, 0.1) is 18.1 Å². The highest BCUT2D eigenvalue weighted by Gasteiger charge is 2.11. The smallest absolute Gasteiger partial charge is 0.236 e. The van der Waals surface area contributed by atoms with Crippen molar-refractivity contribution in [3.8, 4) is 11.3 Å². The minimum atomic E-state index is -0.115. The molecule has 3 aromatic rings. The predicted octanol–water partition coefficient (Wildman–Crippen LogP) is 4.01. The van der Waals surface area contributed by atoms with Gasteiger partial charge in [0.1, 0.15) is 0 Å². The van der Waals surface area contributed by atoms with Crippen molar-refractivity contribution in [2.45, 2.75) is 17.7 Å². The van der Waals surface area contributed by atoms with Crippen molar-refractivity contribution < 1.29 is 9.53 Å². The maximum absolute atomic E-state index is 12.2. The topological polar surface area (TPSA) is 89.0 Å². The second-order valence-electron chi connectivity index (χ2n) is 5.72. The zero-order valence-electron chi connectivity index (χ0n) is 15.6. The van der Waals surface area contributed by atoms with Crippen LogP contribution in [0.15, 0.2) is 34.0 Å². The van der Waals surface area contributed by atoms with Crippen LogP contribution < -0.4 is 10.6 Å². The Bertz CT molecular complexity index is 895. The summed E-state index contributed by atoms with van der Waals surface area (Å²) >= 11 is 4.19. The van der Waals surface area contributed by atoms with Crippen molar-refractivity contribution in [1.82, 2.24) is 15.2 Å². The van der Waals surface area contributed by atoms with E-state index in [1.54, 1.807) is 7.11 Å². The number of methoxy groups -OCH3 is 1. The number of carbonyl (C=O) groups excluding carboxylic acids is 1. The molecule has 0 bridgehead atoms. The third kappa shape index (κ3) is 5.99. The van der Waals surface area contributed by atoms with Gasteiger partial charge in [-0.2, -0.15) is 0 Å². The lowest BCUT2D eigenvalue weighted by molar-refractivity contribution is -0.113. The lowest BCUT2D eigenvalue weighted by Crippen LogP contribution is -2.13. The molecule has 2 N–H and O–H groups in total. The third-order valence-electron chi connectivity index (χ3n) is 3.72. The van der Waals surface area contributed by atoms with Crippen LogP contribution >= 0.6 is 34.4 Å². The van der Waals surface area contributed by atoms with Crippen molar-refractivity contribution in [3.05, 3.63) is 35.2 Å². The Labute approximate surface area is 176 Å². The van der Waals surface area contributed by atoms with Crippen molar-refractivity contribution in [1.29, 1.82) is 0 Å². The average Bonchev–Trinajstić information content (AvgIpc) is 3.36. The summed E-state index contributed by atoms with van der Waals surface area (Å²) in [6.45, 7) is 3.40. The fraction of sp³-hybridized carbons (Fsp3) is 0.333. The first kappa shape index (κ1) is 20.7. The molecule has 7 nitrogen and oxygen atoms in total. The van der Waals surface area contributed by atoms with Crippen molar-refractivity contribution in [2.75, 3.05) is 36.6 Å². The Kier molecular flexibility index (Phi) is 7.78. The predicted molar refractivity (Wildman–Crippen MR) is 117 cm³/mol. The lowest BCUT2D eigenvalue weighted by atomic mass is 10.1. The second-order valence-corrected chi connectivity index (χ2v) is 8.78. The Morgan fingerprint density at radius 3 is 2.79 bits per heavy atom. The van der Waals surface area contributed by atoms with E-state index in [0.717, 1.165) is 27.1 Å². The van der Waals surface area contributed by atoms with E-state index in [-0.39, 0.29) is 11.7 Å². The number of hydrogen-bond donors (Lipinski definition) is 2. The fourth-order valence-corrected chi connectivity index (χ4v) is 4.57. The van der Waals surface area contributed by atoms with Crippen LogP contribution in [0.5, 0.6) is 0 Å². The molecule has 10 heteroatoms. The average molecular weight is 436 g/mol. The van der Waals surface area contributed by atoms with E-state index >= 15 is 0 Å². The summed E-state index contributed by atoms with van der Waals surface area (Å²) in [7, 11) is 1.65. The Hall–Kier alpha value is -2.01. The molecule has 0 aliphatic heterocycles. The molecule has 0 radical (unpaired) electrons. The summed E-state index contributed by atoms with van der Waals surface area (Å²) in [5, 5.41) is 17.3. The number of nitrogens with zero attached hydrogens (tertiary/aromatic N) is 3. The molecule has 2 aromatic heterocycles. The van der Waals surface area contributed by atoms with Crippen molar-refractivity contribution in [3.63, 3.8) is 0 Å². The van der Waals surface area contributed by atoms with Gasteiger partial charge in [0.25, 0.3) is 0 Å². The number of ether oxygens (including phenoxy) is 1. The summed E-state index contributed by atoms with van der Waals surface area (Å²) in [5.74, 6) is 0.142. The van der Waals surface area contributed by atoms with Crippen LogP contribution in [0.4, 0.5) is 10.3 Å². The summed E-state index contributed by atoms with van der Waals surface area (Å²) in [4.78, 5) is 16.7. The molecule has 28 heavy (non-hydrogen) atoms. The summed E-state index contributed by atoms with van der Waals surface area (Å²) in [5.41, 5.74) is 3.20. The number of thioether (sulfide) groups is 1. The third-order valence-corrected chi connectivity index (χ3v) is 6.50. The van der Waals surface area contributed by atoms with Gasteiger partial charge in [-0.15, -0.1) is 21.5 Å². The van der Waals surface area contributed by atoms with Crippen LogP contribution in [0.1, 0.15) is 12.5 Å². The fourth-order valence-electron chi connectivity index (χ4n) is 2.26. The van der Waals surface area contributed by atoms with E-state index in [1.165, 1.54) is 40.0 Å². The molecular weight excluding hydrogens is 414 g/mol. The van der Waals surface area contributed by atoms with E-state index in [1.807, 2.05) is 5.38 Å². The van der Waals surface area contributed by atoms with Crippen LogP contribution in [0.2, 0.25) is 0 Å². The molecule has 0 aliphatic carbocycles. The molecule has 2 heterocycles. The lowest BCUT2D eigenvalue weighted by Gasteiger charge is -2.01. The summed E-state index contributed by atoms with van der Waals surface area (Å²) in [6.07, 6.45) is 1.01. The molecule has 0 fully saturated rings. The Morgan fingerprint density at radius 1 is 1.21 bits per heavy atom. The number of rotatable bonds is 10. The van der Waals surface area contributed by atoms with Crippen LogP contribution in [0, 0.1) is 0 Å².